The van der Waals surface area contributed by atoms with Crippen molar-refractivity contribution in [3.05, 3.63) is 29.8 Å². The third-order valence-corrected chi connectivity index (χ3v) is 2.63. The molecule has 0 fully saturated rings. The summed E-state index contributed by atoms with van der Waals surface area (Å²) in [7, 11) is -1.26. The number of rotatable bonds is 1. The van der Waals surface area contributed by atoms with Gasteiger partial charge in [0.2, 0.25) is 0 Å². The molecule has 1 unspecified atom stereocenters. The molecule has 0 aromatic heterocycles. The van der Waals surface area contributed by atoms with Crippen LogP contribution in [-0.4, -0.2) is 4.55 Å². The first kappa shape index (κ1) is 11.9. The molecule has 0 saturated heterocycles. The molecule has 1 aromatic rings. The number of hydrogen-bond donors (Lipinski definition) is 0. The van der Waals surface area contributed by atoms with Crippen LogP contribution in [0.5, 0.6) is 0 Å². The quantitative estimate of drug-likeness (QED) is 0.237. The van der Waals surface area contributed by atoms with Gasteiger partial charge in [-0.3, -0.25) is 0 Å². The Morgan fingerprint density at radius 3 is 2.27 bits per heavy atom. The molecule has 0 heterocycles. The molecule has 11 heavy (non-hydrogen) atoms. The van der Waals surface area contributed by atoms with Gasteiger partial charge in [0, 0.05) is 5.56 Å². The molecule has 0 amide bonds. The Hall–Kier alpha value is 0.880. The second-order valence-corrected chi connectivity index (χ2v) is 3.82. The van der Waals surface area contributed by atoms with Gasteiger partial charge in [0.05, 0.1) is 0 Å². The summed E-state index contributed by atoms with van der Waals surface area (Å²) in [6.45, 7) is 1.90. The van der Waals surface area contributed by atoms with Crippen LogP contribution in [0.3, 0.4) is 0 Å². The first-order valence-electron chi connectivity index (χ1n) is 2.86. The summed E-state index contributed by atoms with van der Waals surface area (Å²) in [6.07, 6.45) is 0. The maximum atomic E-state index is 10.8. The van der Waals surface area contributed by atoms with Crippen molar-refractivity contribution in [2.24, 2.45) is 0 Å². The van der Waals surface area contributed by atoms with Gasteiger partial charge in [0.1, 0.15) is 4.90 Å². The SMILES string of the molecule is Cc1ccccc1[S+]([O-])[S-].[Na+]. The van der Waals surface area contributed by atoms with Crippen LogP contribution in [0.4, 0.5) is 0 Å². The van der Waals surface area contributed by atoms with E-state index in [4.69, 9.17) is 0 Å². The molecule has 0 aliphatic rings. The van der Waals surface area contributed by atoms with Crippen molar-refractivity contribution in [1.82, 2.24) is 0 Å². The van der Waals surface area contributed by atoms with Crippen LogP contribution >= 0.6 is 0 Å². The zero-order valence-corrected chi connectivity index (χ0v) is 10.2. The molecular weight excluding hydrogens is 187 g/mol. The monoisotopic (exact) mass is 194 g/mol. The summed E-state index contributed by atoms with van der Waals surface area (Å²) in [5, 5.41) is 0. The largest absolute Gasteiger partial charge is 1.00 e. The Bertz CT molecular complexity index is 227. The second kappa shape index (κ2) is 5.51. The molecule has 1 nitrogen and oxygen atoms in total. The van der Waals surface area contributed by atoms with Crippen molar-refractivity contribution >= 4 is 21.9 Å². The molecule has 0 bridgehead atoms. The van der Waals surface area contributed by atoms with E-state index in [2.05, 4.69) is 11.7 Å². The second-order valence-electron chi connectivity index (χ2n) is 2.00. The van der Waals surface area contributed by atoms with Crippen LogP contribution < -0.4 is 29.6 Å². The van der Waals surface area contributed by atoms with Crippen LogP contribution in [0.25, 0.3) is 0 Å². The maximum absolute atomic E-state index is 10.8. The Morgan fingerprint density at radius 1 is 1.36 bits per heavy atom. The molecule has 0 saturated carbocycles. The summed E-state index contributed by atoms with van der Waals surface area (Å²) < 4.78 is 10.8. The van der Waals surface area contributed by atoms with E-state index in [1.807, 2.05) is 25.1 Å². The molecule has 1 rings (SSSR count). The minimum absolute atomic E-state index is 0. The van der Waals surface area contributed by atoms with Crippen LogP contribution in [0.2, 0.25) is 0 Å². The van der Waals surface area contributed by atoms with Gasteiger partial charge in [-0.25, -0.2) is 0 Å². The third kappa shape index (κ3) is 3.40. The molecule has 0 aliphatic heterocycles. The molecule has 0 N–H and O–H groups in total. The van der Waals surface area contributed by atoms with Gasteiger partial charge in [0.25, 0.3) is 0 Å². The van der Waals surface area contributed by atoms with E-state index in [0.717, 1.165) is 10.5 Å². The van der Waals surface area contributed by atoms with Crippen molar-refractivity contribution < 1.29 is 34.1 Å². The fourth-order valence-electron chi connectivity index (χ4n) is 0.743. The Morgan fingerprint density at radius 2 is 1.91 bits per heavy atom. The fraction of sp³-hybridized carbons (Fsp3) is 0.143. The Balaban J connectivity index is 0.000001000. The van der Waals surface area contributed by atoms with Crippen LogP contribution in [0.15, 0.2) is 29.2 Å². The molecule has 4 heteroatoms. The topological polar surface area (TPSA) is 23.1 Å². The van der Waals surface area contributed by atoms with Crippen LogP contribution in [0.1, 0.15) is 5.56 Å². The van der Waals surface area contributed by atoms with Gasteiger partial charge in [-0.15, -0.1) is 0 Å². The van der Waals surface area contributed by atoms with E-state index in [0.29, 0.717) is 0 Å². The maximum Gasteiger partial charge on any atom is 1.00 e. The van der Waals surface area contributed by atoms with E-state index in [-0.39, 0.29) is 29.6 Å². The summed E-state index contributed by atoms with van der Waals surface area (Å²) in [4.78, 5) is 0.748. The molecule has 0 aliphatic carbocycles. The van der Waals surface area contributed by atoms with Crippen molar-refractivity contribution in [2.45, 2.75) is 11.8 Å². The van der Waals surface area contributed by atoms with Gasteiger partial charge in [-0.2, -0.15) is 10.2 Å². The summed E-state index contributed by atoms with van der Waals surface area (Å²) in [5.74, 6) is 0. The van der Waals surface area contributed by atoms with Crippen LogP contribution in [-0.2, 0) is 21.9 Å². The van der Waals surface area contributed by atoms with Crippen LogP contribution in [0, 0.1) is 6.92 Å². The van der Waals surface area contributed by atoms with E-state index in [1.165, 1.54) is 0 Å². The van der Waals surface area contributed by atoms with Gasteiger partial charge in [-0.1, -0.05) is 18.2 Å². The molecular formula is C7H7NaOS2. The average Bonchev–Trinajstić information content (AvgIpc) is 1.88. The smallest absolute Gasteiger partial charge is 0.630 e. The summed E-state index contributed by atoms with van der Waals surface area (Å²) >= 11 is 4.61. The summed E-state index contributed by atoms with van der Waals surface area (Å²) in [6, 6.07) is 7.44. The zero-order valence-electron chi connectivity index (χ0n) is 6.53. The van der Waals surface area contributed by atoms with Gasteiger partial charge in [-0.05, 0) is 13.0 Å². The predicted octanol–water partition coefficient (Wildman–Crippen LogP) is -1.43. The van der Waals surface area contributed by atoms with Crippen molar-refractivity contribution in [3.63, 3.8) is 0 Å². The molecule has 54 valence electrons. The Kier molecular flexibility index (Phi) is 5.95. The van der Waals surface area contributed by atoms with E-state index in [1.54, 1.807) is 6.07 Å². The third-order valence-electron chi connectivity index (χ3n) is 1.27. The normalized spacial score (nSPS) is 11.9. The van der Waals surface area contributed by atoms with Gasteiger partial charge < -0.3 is 16.2 Å². The van der Waals surface area contributed by atoms with Crippen molar-refractivity contribution in [3.8, 4) is 0 Å². The molecule has 0 spiro atoms. The Labute approximate surface area is 96.9 Å². The fourth-order valence-corrected chi connectivity index (χ4v) is 1.83. The first-order valence-corrected chi connectivity index (χ1v) is 4.94. The standard InChI is InChI=1S/C7H8OS2.Na/c1-6-4-2-3-5-7(6)10(8)9;/h2-5H,1H3,(H,8,9);/q;+1/p-1. The summed E-state index contributed by atoms with van der Waals surface area (Å²) in [5.41, 5.74) is 0.996. The van der Waals surface area contributed by atoms with E-state index >= 15 is 0 Å². The zero-order chi connectivity index (χ0) is 7.56. The predicted molar refractivity (Wildman–Crippen MR) is 45.0 cm³/mol. The molecule has 0 radical (unpaired) electrons. The first-order chi connectivity index (χ1) is 4.72. The van der Waals surface area contributed by atoms with Gasteiger partial charge >= 0.3 is 29.6 Å². The number of hydrogen-bond acceptors (Lipinski definition) is 2. The molecule has 1 atom stereocenters. The number of benzene rings is 1. The van der Waals surface area contributed by atoms with E-state index < -0.39 is 10.2 Å². The molecule has 1 aromatic carbocycles. The van der Waals surface area contributed by atoms with Gasteiger partial charge in [0.15, 0.2) is 0 Å². The average molecular weight is 194 g/mol. The van der Waals surface area contributed by atoms with Crippen molar-refractivity contribution in [1.29, 1.82) is 0 Å². The van der Waals surface area contributed by atoms with Crippen molar-refractivity contribution in [2.75, 3.05) is 0 Å². The number of aryl methyl sites for hydroxylation is 1. The minimum atomic E-state index is -1.26. The van der Waals surface area contributed by atoms with E-state index in [9.17, 15) is 4.55 Å². The minimum Gasteiger partial charge on any atom is -0.630 e.